The molecule has 1 aliphatic rings. The van der Waals surface area contributed by atoms with Crippen LogP contribution in [0.25, 0.3) is 16.8 Å². The quantitative estimate of drug-likeness (QED) is 0.662. The Balaban J connectivity index is 1.89. The molecule has 0 nitrogen and oxygen atoms in total. The van der Waals surface area contributed by atoms with Gasteiger partial charge in [-0.3, -0.25) is 0 Å². The molecule has 2 aromatic rings. The van der Waals surface area contributed by atoms with Gasteiger partial charge in [0.05, 0.1) is 0 Å². The van der Waals surface area contributed by atoms with Crippen LogP contribution in [0, 0.1) is 6.92 Å². The van der Waals surface area contributed by atoms with Gasteiger partial charge in [0.25, 0.3) is 0 Å². The molecule has 3 rings (SSSR count). The highest BCUT2D eigenvalue weighted by atomic mass is 14.0. The Hall–Kier alpha value is -2.08. The van der Waals surface area contributed by atoms with Gasteiger partial charge in [0.2, 0.25) is 0 Å². The Bertz CT molecular complexity index is 684. The third kappa shape index (κ3) is 2.85. The van der Waals surface area contributed by atoms with E-state index in [4.69, 9.17) is 0 Å². The van der Waals surface area contributed by atoms with Crippen LogP contribution in [0.5, 0.6) is 0 Å². The summed E-state index contributed by atoms with van der Waals surface area (Å²) >= 11 is 0. The van der Waals surface area contributed by atoms with Gasteiger partial charge in [-0.15, -0.1) is 0 Å². The molecule has 0 bridgehead atoms. The Kier molecular flexibility index (Phi) is 3.33. The van der Waals surface area contributed by atoms with E-state index in [1.54, 1.807) is 0 Å². The van der Waals surface area contributed by atoms with Gasteiger partial charge in [-0.2, -0.15) is 0 Å². The smallest absolute Gasteiger partial charge is 0.0178 e. The first kappa shape index (κ1) is 12.0. The summed E-state index contributed by atoms with van der Waals surface area (Å²) in [5, 5.41) is 2.62. The first-order valence-corrected chi connectivity index (χ1v) is 6.86. The standard InChI is InChI=1S/C19H18/c1-15-7-11-19-14-17(10-12-18(19)13-15)9-8-16-5-3-2-4-6-16/h3,5-14H,2,4H2,1H3/b9-8+. The number of rotatable bonds is 2. The lowest BCUT2D eigenvalue weighted by Gasteiger charge is -2.03. The van der Waals surface area contributed by atoms with Crippen molar-refractivity contribution in [2.24, 2.45) is 0 Å². The average Bonchev–Trinajstić information content (AvgIpc) is 2.46. The summed E-state index contributed by atoms with van der Waals surface area (Å²) < 4.78 is 0. The molecular formula is C19H18. The van der Waals surface area contributed by atoms with E-state index in [1.807, 2.05) is 0 Å². The van der Waals surface area contributed by atoms with Crippen molar-refractivity contribution in [1.82, 2.24) is 0 Å². The average molecular weight is 246 g/mol. The number of allylic oxidation sites excluding steroid dienone is 5. The van der Waals surface area contributed by atoms with Crippen molar-refractivity contribution in [3.05, 3.63) is 77.4 Å². The second kappa shape index (κ2) is 5.27. The first-order valence-electron chi connectivity index (χ1n) is 6.86. The summed E-state index contributed by atoms with van der Waals surface area (Å²) in [4.78, 5) is 0. The minimum Gasteiger partial charge on any atom is -0.0836 e. The summed E-state index contributed by atoms with van der Waals surface area (Å²) in [5.41, 5.74) is 3.89. The van der Waals surface area contributed by atoms with E-state index in [-0.39, 0.29) is 0 Å². The molecule has 2 aromatic carbocycles. The zero-order chi connectivity index (χ0) is 13.1. The highest BCUT2D eigenvalue weighted by molar-refractivity contribution is 5.85. The second-order valence-corrected chi connectivity index (χ2v) is 5.13. The molecule has 1 aliphatic carbocycles. The van der Waals surface area contributed by atoms with Gasteiger partial charge in [0.15, 0.2) is 0 Å². The van der Waals surface area contributed by atoms with Gasteiger partial charge in [0.1, 0.15) is 0 Å². The summed E-state index contributed by atoms with van der Waals surface area (Å²) in [7, 11) is 0. The van der Waals surface area contributed by atoms with Crippen molar-refractivity contribution >= 4 is 16.8 Å². The van der Waals surface area contributed by atoms with Crippen molar-refractivity contribution in [3.63, 3.8) is 0 Å². The normalized spacial score (nSPS) is 15.1. The van der Waals surface area contributed by atoms with Gasteiger partial charge < -0.3 is 0 Å². The monoisotopic (exact) mass is 246 g/mol. The summed E-state index contributed by atoms with van der Waals surface area (Å²) in [6, 6.07) is 13.2. The molecule has 0 amide bonds. The molecule has 0 heterocycles. The van der Waals surface area contributed by atoms with Crippen molar-refractivity contribution in [3.8, 4) is 0 Å². The van der Waals surface area contributed by atoms with Gasteiger partial charge in [-0.1, -0.05) is 66.3 Å². The third-order valence-corrected chi connectivity index (χ3v) is 3.51. The van der Waals surface area contributed by atoms with Gasteiger partial charge in [-0.25, -0.2) is 0 Å². The minimum absolute atomic E-state index is 1.16. The molecule has 0 atom stereocenters. The molecule has 0 radical (unpaired) electrons. The lowest BCUT2D eigenvalue weighted by molar-refractivity contribution is 1.03. The Morgan fingerprint density at radius 2 is 1.74 bits per heavy atom. The van der Waals surface area contributed by atoms with Crippen LogP contribution < -0.4 is 0 Å². The maximum atomic E-state index is 2.29. The van der Waals surface area contributed by atoms with Crippen LogP contribution in [0.4, 0.5) is 0 Å². The minimum atomic E-state index is 1.16. The molecule has 94 valence electrons. The maximum Gasteiger partial charge on any atom is -0.0178 e. The Labute approximate surface area is 114 Å². The Morgan fingerprint density at radius 1 is 0.895 bits per heavy atom. The van der Waals surface area contributed by atoms with E-state index < -0.39 is 0 Å². The fourth-order valence-electron chi connectivity index (χ4n) is 2.44. The van der Waals surface area contributed by atoms with E-state index in [0.717, 1.165) is 6.42 Å². The second-order valence-electron chi connectivity index (χ2n) is 5.13. The highest BCUT2D eigenvalue weighted by Crippen LogP contribution is 2.19. The molecule has 0 N–H and O–H groups in total. The molecule has 0 saturated heterocycles. The number of hydrogen-bond acceptors (Lipinski definition) is 0. The topological polar surface area (TPSA) is 0 Å². The molecule has 0 fully saturated rings. The summed E-state index contributed by atoms with van der Waals surface area (Å²) in [6.07, 6.45) is 13.5. The molecule has 0 heteroatoms. The fraction of sp³-hybridized carbons (Fsp3) is 0.158. The molecular weight excluding hydrogens is 228 g/mol. The molecule has 19 heavy (non-hydrogen) atoms. The predicted molar refractivity (Wildman–Crippen MR) is 84.2 cm³/mol. The van der Waals surface area contributed by atoms with Crippen LogP contribution in [0.2, 0.25) is 0 Å². The SMILES string of the molecule is Cc1ccc2cc(/C=C/C3=CCCC=C3)ccc2c1. The molecule has 0 unspecified atom stereocenters. The lowest BCUT2D eigenvalue weighted by atomic mass is 10.0. The van der Waals surface area contributed by atoms with E-state index >= 15 is 0 Å². The number of benzene rings is 2. The van der Waals surface area contributed by atoms with Crippen LogP contribution in [-0.2, 0) is 0 Å². The molecule has 0 spiro atoms. The van der Waals surface area contributed by atoms with E-state index in [9.17, 15) is 0 Å². The predicted octanol–water partition coefficient (Wildman–Crippen LogP) is 5.44. The third-order valence-electron chi connectivity index (χ3n) is 3.51. The van der Waals surface area contributed by atoms with Gasteiger partial charge >= 0.3 is 0 Å². The highest BCUT2D eigenvalue weighted by Gasteiger charge is 1.96. The van der Waals surface area contributed by atoms with Crippen LogP contribution in [0.1, 0.15) is 24.0 Å². The van der Waals surface area contributed by atoms with Crippen LogP contribution in [0.3, 0.4) is 0 Å². The van der Waals surface area contributed by atoms with E-state index in [2.05, 4.69) is 73.7 Å². The maximum absolute atomic E-state index is 2.29. The van der Waals surface area contributed by atoms with Crippen molar-refractivity contribution in [2.75, 3.05) is 0 Å². The first-order chi connectivity index (χ1) is 9.31. The molecule has 0 saturated carbocycles. The summed E-state index contributed by atoms with van der Waals surface area (Å²) in [6.45, 7) is 2.13. The van der Waals surface area contributed by atoms with Crippen molar-refractivity contribution in [2.45, 2.75) is 19.8 Å². The fourth-order valence-corrected chi connectivity index (χ4v) is 2.44. The van der Waals surface area contributed by atoms with Gasteiger partial charge in [0, 0.05) is 0 Å². The Morgan fingerprint density at radius 3 is 2.58 bits per heavy atom. The van der Waals surface area contributed by atoms with E-state index in [0.29, 0.717) is 0 Å². The molecule has 0 aliphatic heterocycles. The van der Waals surface area contributed by atoms with Crippen molar-refractivity contribution in [1.29, 1.82) is 0 Å². The molecule has 0 aromatic heterocycles. The number of aryl methyl sites for hydroxylation is 1. The number of hydrogen-bond donors (Lipinski definition) is 0. The zero-order valence-corrected chi connectivity index (χ0v) is 11.3. The van der Waals surface area contributed by atoms with Crippen LogP contribution in [0.15, 0.2) is 66.3 Å². The lowest BCUT2D eigenvalue weighted by Crippen LogP contribution is -1.81. The zero-order valence-electron chi connectivity index (χ0n) is 11.3. The van der Waals surface area contributed by atoms with Crippen LogP contribution >= 0.6 is 0 Å². The number of fused-ring (bicyclic) bond motifs is 1. The van der Waals surface area contributed by atoms with Crippen molar-refractivity contribution < 1.29 is 0 Å². The summed E-state index contributed by atoms with van der Waals surface area (Å²) in [5.74, 6) is 0. The largest absolute Gasteiger partial charge is 0.0836 e. The van der Waals surface area contributed by atoms with E-state index in [1.165, 1.54) is 33.9 Å². The van der Waals surface area contributed by atoms with Gasteiger partial charge in [-0.05, 0) is 47.7 Å². The van der Waals surface area contributed by atoms with Crippen LogP contribution in [-0.4, -0.2) is 0 Å².